The van der Waals surface area contributed by atoms with Gasteiger partial charge in [0.25, 0.3) is 0 Å². The minimum Gasteiger partial charge on any atom is -0.438 e. The number of halogens is 1. The van der Waals surface area contributed by atoms with Crippen LogP contribution >= 0.6 is 11.6 Å². The predicted molar refractivity (Wildman–Crippen MR) is 87.0 cm³/mol. The lowest BCUT2D eigenvalue weighted by atomic mass is 10.2. The van der Waals surface area contributed by atoms with Crippen LogP contribution in [0.3, 0.4) is 0 Å². The molecule has 0 aliphatic heterocycles. The van der Waals surface area contributed by atoms with Crippen molar-refractivity contribution in [2.75, 3.05) is 6.54 Å². The number of aromatic nitrogens is 1. The van der Waals surface area contributed by atoms with E-state index in [0.717, 1.165) is 30.0 Å². The Morgan fingerprint density at radius 2 is 2.10 bits per heavy atom. The number of rotatable bonds is 6. The molecule has 0 radical (unpaired) electrons. The van der Waals surface area contributed by atoms with Gasteiger partial charge in [0.2, 0.25) is 5.88 Å². The van der Waals surface area contributed by atoms with Gasteiger partial charge in [0.15, 0.2) is 0 Å². The van der Waals surface area contributed by atoms with Crippen LogP contribution in [-0.4, -0.2) is 11.5 Å². The highest BCUT2D eigenvalue weighted by Crippen LogP contribution is 2.28. The molecule has 0 fully saturated rings. The molecule has 0 amide bonds. The van der Waals surface area contributed by atoms with Gasteiger partial charge in [-0.1, -0.05) is 37.6 Å². The topological polar surface area (TPSA) is 34.1 Å². The fourth-order valence-electron chi connectivity index (χ4n) is 1.93. The molecule has 1 aromatic carbocycles. The first kappa shape index (κ1) is 15.8. The SMILES string of the molecule is Cc1cccc(Oc2ncc(CNCC(C)C)cc2Cl)c1. The van der Waals surface area contributed by atoms with E-state index in [1.165, 1.54) is 0 Å². The van der Waals surface area contributed by atoms with Crippen LogP contribution in [0.25, 0.3) is 0 Å². The second kappa shape index (κ2) is 7.43. The van der Waals surface area contributed by atoms with Gasteiger partial charge >= 0.3 is 0 Å². The number of ether oxygens (including phenoxy) is 1. The lowest BCUT2D eigenvalue weighted by Crippen LogP contribution is -2.19. The predicted octanol–water partition coefficient (Wildman–Crippen LogP) is 4.58. The number of nitrogens with zero attached hydrogens (tertiary/aromatic N) is 1. The lowest BCUT2D eigenvalue weighted by molar-refractivity contribution is 0.462. The maximum Gasteiger partial charge on any atom is 0.238 e. The zero-order valence-corrected chi connectivity index (χ0v) is 13.4. The molecule has 4 heteroatoms. The molecule has 1 aromatic heterocycles. The maximum absolute atomic E-state index is 6.25. The van der Waals surface area contributed by atoms with Crippen molar-refractivity contribution in [1.82, 2.24) is 10.3 Å². The molecule has 0 saturated carbocycles. The minimum absolute atomic E-state index is 0.440. The smallest absolute Gasteiger partial charge is 0.238 e. The molecule has 112 valence electrons. The summed E-state index contributed by atoms with van der Waals surface area (Å²) in [6.45, 7) is 8.11. The van der Waals surface area contributed by atoms with Crippen LogP contribution in [0.5, 0.6) is 11.6 Å². The van der Waals surface area contributed by atoms with E-state index in [0.29, 0.717) is 16.8 Å². The Kier molecular flexibility index (Phi) is 5.59. The Labute approximate surface area is 131 Å². The van der Waals surface area contributed by atoms with E-state index in [9.17, 15) is 0 Å². The van der Waals surface area contributed by atoms with Gasteiger partial charge in [0, 0.05) is 12.7 Å². The van der Waals surface area contributed by atoms with Crippen molar-refractivity contribution >= 4 is 11.6 Å². The number of hydrogen-bond donors (Lipinski definition) is 1. The Bertz CT molecular complexity index is 599. The molecular formula is C17H21ClN2O. The highest BCUT2D eigenvalue weighted by molar-refractivity contribution is 6.31. The fraction of sp³-hybridized carbons (Fsp3) is 0.353. The van der Waals surface area contributed by atoms with Crippen LogP contribution in [0.15, 0.2) is 36.5 Å². The average Bonchev–Trinajstić information content (AvgIpc) is 2.41. The summed E-state index contributed by atoms with van der Waals surface area (Å²) in [6.07, 6.45) is 1.80. The van der Waals surface area contributed by atoms with Gasteiger partial charge in [-0.25, -0.2) is 4.98 Å². The van der Waals surface area contributed by atoms with Crippen molar-refractivity contribution < 1.29 is 4.74 Å². The highest BCUT2D eigenvalue weighted by atomic mass is 35.5. The van der Waals surface area contributed by atoms with Crippen molar-refractivity contribution in [2.45, 2.75) is 27.3 Å². The monoisotopic (exact) mass is 304 g/mol. The number of aryl methyl sites for hydroxylation is 1. The van der Waals surface area contributed by atoms with Crippen LogP contribution in [0.1, 0.15) is 25.0 Å². The zero-order valence-electron chi connectivity index (χ0n) is 12.7. The summed E-state index contributed by atoms with van der Waals surface area (Å²) in [5.41, 5.74) is 2.19. The third-order valence-corrected chi connectivity index (χ3v) is 3.22. The number of nitrogens with one attached hydrogen (secondary N) is 1. The molecule has 3 nitrogen and oxygen atoms in total. The van der Waals surface area contributed by atoms with E-state index < -0.39 is 0 Å². The normalized spacial score (nSPS) is 10.9. The van der Waals surface area contributed by atoms with Crippen LogP contribution in [-0.2, 0) is 6.54 Å². The standard InChI is InChI=1S/C17H21ClN2O/c1-12(2)9-19-10-14-8-16(18)17(20-11-14)21-15-6-4-5-13(3)7-15/h4-8,11-12,19H,9-10H2,1-3H3. The van der Waals surface area contributed by atoms with Gasteiger partial charge in [-0.15, -0.1) is 0 Å². The quantitative estimate of drug-likeness (QED) is 0.848. The second-order valence-corrected chi connectivity index (χ2v) is 5.98. The largest absolute Gasteiger partial charge is 0.438 e. The molecule has 1 heterocycles. The van der Waals surface area contributed by atoms with Crippen LogP contribution in [0.2, 0.25) is 5.02 Å². The van der Waals surface area contributed by atoms with Crippen molar-refractivity contribution in [3.8, 4) is 11.6 Å². The van der Waals surface area contributed by atoms with Gasteiger partial charge < -0.3 is 10.1 Å². The van der Waals surface area contributed by atoms with Crippen molar-refractivity contribution in [3.63, 3.8) is 0 Å². The van der Waals surface area contributed by atoms with E-state index in [4.69, 9.17) is 16.3 Å². The summed E-state index contributed by atoms with van der Waals surface area (Å²) < 4.78 is 5.72. The lowest BCUT2D eigenvalue weighted by Gasteiger charge is -2.10. The summed E-state index contributed by atoms with van der Waals surface area (Å²) in [6, 6.07) is 9.71. The Balaban J connectivity index is 2.02. The summed E-state index contributed by atoms with van der Waals surface area (Å²) in [5, 5.41) is 3.89. The molecule has 0 aliphatic carbocycles. The summed E-state index contributed by atoms with van der Waals surface area (Å²) in [5.74, 6) is 1.81. The Hall–Kier alpha value is -1.58. The molecule has 2 aromatic rings. The first-order valence-electron chi connectivity index (χ1n) is 7.14. The minimum atomic E-state index is 0.440. The first-order chi connectivity index (χ1) is 10.0. The molecule has 0 bridgehead atoms. The molecule has 0 saturated heterocycles. The Morgan fingerprint density at radius 1 is 1.29 bits per heavy atom. The number of pyridine rings is 1. The van der Waals surface area contributed by atoms with Gasteiger partial charge in [-0.2, -0.15) is 0 Å². The van der Waals surface area contributed by atoms with Gasteiger partial charge in [-0.05, 0) is 48.7 Å². The molecular weight excluding hydrogens is 284 g/mol. The molecule has 21 heavy (non-hydrogen) atoms. The van der Waals surface area contributed by atoms with Gasteiger partial charge in [-0.3, -0.25) is 0 Å². The van der Waals surface area contributed by atoms with Gasteiger partial charge in [0.05, 0.1) is 0 Å². The summed E-state index contributed by atoms with van der Waals surface area (Å²) >= 11 is 6.25. The van der Waals surface area contributed by atoms with E-state index >= 15 is 0 Å². The molecule has 1 N–H and O–H groups in total. The molecule has 0 aliphatic rings. The molecule has 2 rings (SSSR count). The van der Waals surface area contributed by atoms with Crippen LogP contribution < -0.4 is 10.1 Å². The van der Waals surface area contributed by atoms with Crippen LogP contribution in [0.4, 0.5) is 0 Å². The zero-order chi connectivity index (χ0) is 15.2. The fourth-order valence-corrected chi connectivity index (χ4v) is 2.16. The Morgan fingerprint density at radius 3 is 2.76 bits per heavy atom. The first-order valence-corrected chi connectivity index (χ1v) is 7.52. The van der Waals surface area contributed by atoms with Gasteiger partial charge in [0.1, 0.15) is 10.8 Å². The van der Waals surface area contributed by atoms with Crippen molar-refractivity contribution in [3.05, 3.63) is 52.7 Å². The molecule has 0 unspecified atom stereocenters. The highest BCUT2D eigenvalue weighted by Gasteiger charge is 2.07. The third-order valence-electron chi connectivity index (χ3n) is 2.95. The number of hydrogen-bond acceptors (Lipinski definition) is 3. The maximum atomic E-state index is 6.25. The van der Waals surface area contributed by atoms with E-state index in [2.05, 4.69) is 24.1 Å². The van der Waals surface area contributed by atoms with Crippen molar-refractivity contribution in [2.24, 2.45) is 5.92 Å². The van der Waals surface area contributed by atoms with Crippen molar-refractivity contribution in [1.29, 1.82) is 0 Å². The molecule has 0 spiro atoms. The summed E-state index contributed by atoms with van der Waals surface area (Å²) in [4.78, 5) is 4.31. The number of benzene rings is 1. The second-order valence-electron chi connectivity index (χ2n) is 5.57. The molecule has 0 atom stereocenters. The van der Waals surface area contributed by atoms with E-state index in [1.54, 1.807) is 6.20 Å². The van der Waals surface area contributed by atoms with E-state index in [1.807, 2.05) is 37.3 Å². The van der Waals surface area contributed by atoms with Crippen LogP contribution in [0, 0.1) is 12.8 Å². The third kappa shape index (κ3) is 5.03. The average molecular weight is 305 g/mol. The van der Waals surface area contributed by atoms with E-state index in [-0.39, 0.29) is 0 Å². The summed E-state index contributed by atoms with van der Waals surface area (Å²) in [7, 11) is 0.